The van der Waals surface area contributed by atoms with Crippen LogP contribution in [0.25, 0.3) is 5.69 Å². The van der Waals surface area contributed by atoms with Crippen molar-refractivity contribution in [1.29, 1.82) is 0 Å². The molecule has 0 aliphatic rings. The normalized spacial score (nSPS) is 11.5. The highest BCUT2D eigenvalue weighted by molar-refractivity contribution is 7.99. The highest BCUT2D eigenvalue weighted by Gasteiger charge is 2.34. The first kappa shape index (κ1) is 20.6. The Hall–Kier alpha value is -2.16. The number of hydrogen-bond donors (Lipinski definition) is 1. The standard InChI is InChI=1S/C18H12Cl2F3N3OS/c19-11-2-1-3-13(8-11)26-7-6-24-17(26)28-10-16(27)25-15-5-4-12(20)9-14(15)18(21,22)23/h1-9H,10H2,(H,25,27). The van der Waals surface area contributed by atoms with E-state index in [1.165, 1.54) is 6.07 Å². The zero-order valence-corrected chi connectivity index (χ0v) is 16.3. The molecule has 1 amide bonds. The lowest BCUT2D eigenvalue weighted by molar-refractivity contribution is -0.137. The average molecular weight is 446 g/mol. The quantitative estimate of drug-likeness (QED) is 0.495. The van der Waals surface area contributed by atoms with Crippen LogP contribution in [0.1, 0.15) is 5.56 Å². The minimum Gasteiger partial charge on any atom is -0.325 e. The van der Waals surface area contributed by atoms with E-state index in [0.717, 1.165) is 29.6 Å². The van der Waals surface area contributed by atoms with Gasteiger partial charge in [0.25, 0.3) is 0 Å². The number of nitrogens with one attached hydrogen (secondary N) is 1. The molecule has 0 unspecified atom stereocenters. The fourth-order valence-electron chi connectivity index (χ4n) is 2.40. The third-order valence-corrected chi connectivity index (χ3v) is 5.02. The Balaban J connectivity index is 1.71. The van der Waals surface area contributed by atoms with Crippen LogP contribution in [-0.2, 0) is 11.0 Å². The van der Waals surface area contributed by atoms with Crippen molar-refractivity contribution in [1.82, 2.24) is 9.55 Å². The molecular formula is C18H12Cl2F3N3OS. The van der Waals surface area contributed by atoms with Crippen molar-refractivity contribution < 1.29 is 18.0 Å². The van der Waals surface area contributed by atoms with E-state index in [0.29, 0.717) is 10.2 Å². The van der Waals surface area contributed by atoms with Gasteiger partial charge in [-0.25, -0.2) is 4.98 Å². The Morgan fingerprint density at radius 1 is 1.14 bits per heavy atom. The summed E-state index contributed by atoms with van der Waals surface area (Å²) in [6, 6.07) is 10.2. The molecule has 0 radical (unpaired) electrons. The van der Waals surface area contributed by atoms with E-state index >= 15 is 0 Å². The molecule has 0 atom stereocenters. The number of amides is 1. The van der Waals surface area contributed by atoms with Gasteiger partial charge in [0, 0.05) is 28.1 Å². The number of hydrogen-bond acceptors (Lipinski definition) is 3. The van der Waals surface area contributed by atoms with Crippen LogP contribution in [0.2, 0.25) is 10.0 Å². The molecule has 3 rings (SSSR count). The highest BCUT2D eigenvalue weighted by Crippen LogP contribution is 2.36. The largest absolute Gasteiger partial charge is 0.418 e. The van der Waals surface area contributed by atoms with Gasteiger partial charge in [-0.2, -0.15) is 13.2 Å². The molecular weight excluding hydrogens is 434 g/mol. The van der Waals surface area contributed by atoms with Crippen molar-refractivity contribution >= 4 is 46.6 Å². The zero-order valence-electron chi connectivity index (χ0n) is 14.0. The molecule has 1 heterocycles. The second kappa shape index (κ2) is 8.46. The summed E-state index contributed by atoms with van der Waals surface area (Å²) in [4.78, 5) is 16.4. The van der Waals surface area contributed by atoms with Crippen LogP contribution in [0.15, 0.2) is 60.0 Å². The maximum Gasteiger partial charge on any atom is 0.418 e. The minimum atomic E-state index is -4.64. The van der Waals surface area contributed by atoms with Crippen molar-refractivity contribution in [2.75, 3.05) is 11.1 Å². The van der Waals surface area contributed by atoms with Crippen LogP contribution < -0.4 is 5.32 Å². The predicted molar refractivity (Wildman–Crippen MR) is 104 cm³/mol. The highest BCUT2D eigenvalue weighted by atomic mass is 35.5. The van der Waals surface area contributed by atoms with Gasteiger partial charge < -0.3 is 5.32 Å². The predicted octanol–water partition coefficient (Wildman–Crippen LogP) is 5.93. The molecule has 0 aliphatic carbocycles. The topological polar surface area (TPSA) is 46.9 Å². The van der Waals surface area contributed by atoms with Crippen molar-refractivity contribution in [2.24, 2.45) is 0 Å². The lowest BCUT2D eigenvalue weighted by Gasteiger charge is -2.14. The van der Waals surface area contributed by atoms with Crippen molar-refractivity contribution in [2.45, 2.75) is 11.3 Å². The number of anilines is 1. The summed E-state index contributed by atoms with van der Waals surface area (Å²) >= 11 is 12.7. The fraction of sp³-hybridized carbons (Fsp3) is 0.111. The number of halogens is 5. The number of alkyl halides is 3. The number of thioether (sulfide) groups is 1. The summed E-state index contributed by atoms with van der Waals surface area (Å²) in [5.41, 5.74) is -0.593. The van der Waals surface area contributed by atoms with Gasteiger partial charge in [0.15, 0.2) is 5.16 Å². The first-order chi connectivity index (χ1) is 13.2. The van der Waals surface area contributed by atoms with Crippen LogP contribution in [0.3, 0.4) is 0 Å². The summed E-state index contributed by atoms with van der Waals surface area (Å²) < 4.78 is 41.1. The van der Waals surface area contributed by atoms with Crippen molar-refractivity contribution in [3.63, 3.8) is 0 Å². The number of benzene rings is 2. The second-order valence-electron chi connectivity index (χ2n) is 5.58. The van der Waals surface area contributed by atoms with E-state index in [1.54, 1.807) is 35.2 Å². The lowest BCUT2D eigenvalue weighted by atomic mass is 10.1. The minimum absolute atomic E-state index is 0.0664. The summed E-state index contributed by atoms with van der Waals surface area (Å²) in [6.07, 6.45) is -1.38. The van der Waals surface area contributed by atoms with Gasteiger partial charge in [0.2, 0.25) is 5.91 Å². The van der Waals surface area contributed by atoms with E-state index < -0.39 is 17.6 Å². The lowest BCUT2D eigenvalue weighted by Crippen LogP contribution is -2.18. The van der Waals surface area contributed by atoms with E-state index in [-0.39, 0.29) is 16.5 Å². The smallest absolute Gasteiger partial charge is 0.325 e. The Morgan fingerprint density at radius 2 is 1.89 bits per heavy atom. The molecule has 146 valence electrons. The van der Waals surface area contributed by atoms with Gasteiger partial charge in [0.05, 0.1) is 17.0 Å². The van der Waals surface area contributed by atoms with E-state index in [9.17, 15) is 18.0 Å². The van der Waals surface area contributed by atoms with Crippen LogP contribution >= 0.6 is 35.0 Å². The van der Waals surface area contributed by atoms with E-state index in [2.05, 4.69) is 10.3 Å². The van der Waals surface area contributed by atoms with Crippen LogP contribution in [0.4, 0.5) is 18.9 Å². The van der Waals surface area contributed by atoms with Crippen LogP contribution in [0.5, 0.6) is 0 Å². The van der Waals surface area contributed by atoms with Gasteiger partial charge in [-0.15, -0.1) is 0 Å². The Bertz CT molecular complexity index is 1010. The summed E-state index contributed by atoms with van der Waals surface area (Å²) in [5, 5.41) is 3.26. The van der Waals surface area contributed by atoms with Crippen molar-refractivity contribution in [3.05, 3.63) is 70.5 Å². The van der Waals surface area contributed by atoms with Gasteiger partial charge in [-0.05, 0) is 36.4 Å². The maximum absolute atomic E-state index is 13.1. The molecule has 28 heavy (non-hydrogen) atoms. The van der Waals surface area contributed by atoms with E-state index in [4.69, 9.17) is 23.2 Å². The average Bonchev–Trinajstić information content (AvgIpc) is 3.09. The zero-order chi connectivity index (χ0) is 20.3. The van der Waals surface area contributed by atoms with Gasteiger partial charge in [-0.1, -0.05) is 41.0 Å². The number of aromatic nitrogens is 2. The van der Waals surface area contributed by atoms with Gasteiger partial charge in [-0.3, -0.25) is 9.36 Å². The molecule has 3 aromatic rings. The summed E-state index contributed by atoms with van der Waals surface area (Å²) in [7, 11) is 0. The number of nitrogens with zero attached hydrogens (tertiary/aromatic N) is 2. The molecule has 0 aliphatic heterocycles. The summed E-state index contributed by atoms with van der Waals surface area (Å²) in [5.74, 6) is -0.726. The molecule has 4 nitrogen and oxygen atoms in total. The van der Waals surface area contributed by atoms with Gasteiger partial charge >= 0.3 is 6.18 Å². The van der Waals surface area contributed by atoms with E-state index in [1.807, 2.05) is 6.07 Å². The first-order valence-corrected chi connectivity index (χ1v) is 9.57. The number of carbonyl (C=O) groups is 1. The fourth-order valence-corrected chi connectivity index (χ4v) is 3.53. The molecule has 1 N–H and O–H groups in total. The van der Waals surface area contributed by atoms with Crippen molar-refractivity contribution in [3.8, 4) is 5.69 Å². The Labute approximate surface area is 172 Å². The van der Waals surface area contributed by atoms with Crippen LogP contribution in [-0.4, -0.2) is 21.2 Å². The molecule has 0 saturated heterocycles. The molecule has 0 fully saturated rings. The Kier molecular flexibility index (Phi) is 6.22. The molecule has 0 saturated carbocycles. The monoisotopic (exact) mass is 445 g/mol. The summed E-state index contributed by atoms with van der Waals surface area (Å²) in [6.45, 7) is 0. The van der Waals surface area contributed by atoms with Gasteiger partial charge in [0.1, 0.15) is 0 Å². The number of rotatable bonds is 5. The first-order valence-electron chi connectivity index (χ1n) is 7.83. The number of imidazole rings is 1. The Morgan fingerprint density at radius 3 is 2.61 bits per heavy atom. The maximum atomic E-state index is 13.1. The molecule has 1 aromatic heterocycles. The number of carbonyl (C=O) groups excluding carboxylic acids is 1. The molecule has 0 spiro atoms. The molecule has 0 bridgehead atoms. The van der Waals surface area contributed by atoms with Crippen LogP contribution in [0, 0.1) is 0 Å². The third kappa shape index (κ3) is 5.01. The second-order valence-corrected chi connectivity index (χ2v) is 7.40. The molecule has 2 aromatic carbocycles. The third-order valence-electron chi connectivity index (χ3n) is 3.59. The SMILES string of the molecule is O=C(CSc1nccn1-c1cccc(Cl)c1)Nc1ccc(Cl)cc1C(F)(F)F. The molecule has 10 heteroatoms.